The molecule has 0 saturated heterocycles. The SMILES string of the molecule is NCCCCC(N)C(=O)NC(Cc1c[nH]c2ccccc12)C(=O)NC(Cc1ccccc1)C(=O)NC(CO)C(=O)O. The number of aromatic nitrogens is 1. The monoisotopic (exact) mass is 566 g/mol. The molecular weight excluding hydrogens is 528 g/mol. The van der Waals surface area contributed by atoms with Crippen molar-refractivity contribution in [3.05, 3.63) is 71.9 Å². The first kappa shape index (κ1) is 31.3. The number of nitrogens with one attached hydrogen (secondary N) is 4. The summed E-state index contributed by atoms with van der Waals surface area (Å²) >= 11 is 0. The number of carbonyl (C=O) groups is 4. The number of hydrogen-bond acceptors (Lipinski definition) is 7. The van der Waals surface area contributed by atoms with E-state index in [9.17, 15) is 29.4 Å². The van der Waals surface area contributed by atoms with Crippen LogP contribution in [0.15, 0.2) is 60.8 Å². The van der Waals surface area contributed by atoms with Crippen LogP contribution in [-0.2, 0) is 32.0 Å². The molecule has 0 bridgehead atoms. The lowest BCUT2D eigenvalue weighted by Gasteiger charge is -2.25. The maximum absolute atomic E-state index is 13.7. The average Bonchev–Trinajstić information content (AvgIpc) is 3.38. The minimum absolute atomic E-state index is 0.0442. The molecule has 0 aliphatic carbocycles. The van der Waals surface area contributed by atoms with Crippen molar-refractivity contribution in [2.45, 2.75) is 56.3 Å². The molecule has 0 radical (unpaired) electrons. The van der Waals surface area contributed by atoms with Gasteiger partial charge < -0.3 is 42.6 Å². The average molecular weight is 567 g/mol. The fourth-order valence-electron chi connectivity index (χ4n) is 4.44. The zero-order valence-corrected chi connectivity index (χ0v) is 22.7. The molecule has 220 valence electrons. The van der Waals surface area contributed by atoms with Crippen molar-refractivity contribution in [3.63, 3.8) is 0 Å². The summed E-state index contributed by atoms with van der Waals surface area (Å²) in [5.41, 5.74) is 14.0. The van der Waals surface area contributed by atoms with Crippen LogP contribution < -0.4 is 27.4 Å². The number of carbonyl (C=O) groups excluding carboxylic acids is 3. The van der Waals surface area contributed by atoms with Gasteiger partial charge in [0.15, 0.2) is 0 Å². The maximum Gasteiger partial charge on any atom is 0.328 e. The number of fused-ring (bicyclic) bond motifs is 1. The molecule has 12 heteroatoms. The number of aromatic amines is 1. The zero-order chi connectivity index (χ0) is 29.8. The van der Waals surface area contributed by atoms with E-state index in [2.05, 4.69) is 20.9 Å². The highest BCUT2D eigenvalue weighted by atomic mass is 16.4. The minimum Gasteiger partial charge on any atom is -0.480 e. The summed E-state index contributed by atoms with van der Waals surface area (Å²) in [6.07, 6.45) is 3.65. The standard InChI is InChI=1S/C29H38N6O6/c30-13-7-6-11-21(31)26(37)33-24(15-19-16-32-22-12-5-4-10-20(19)22)28(39)34-23(14-18-8-2-1-3-9-18)27(38)35-25(17-36)29(40)41/h1-5,8-10,12,16,21,23-25,32,36H,6-7,11,13-15,17,30-31H2,(H,33,37)(H,34,39)(H,35,38)(H,40,41). The molecule has 12 nitrogen and oxygen atoms in total. The molecule has 41 heavy (non-hydrogen) atoms. The number of aliphatic hydroxyl groups is 1. The number of rotatable bonds is 16. The van der Waals surface area contributed by atoms with Crippen LogP contribution in [0.3, 0.4) is 0 Å². The fraction of sp³-hybridized carbons (Fsp3) is 0.379. The summed E-state index contributed by atoms with van der Waals surface area (Å²) < 4.78 is 0. The van der Waals surface area contributed by atoms with Crippen molar-refractivity contribution in [1.82, 2.24) is 20.9 Å². The lowest BCUT2D eigenvalue weighted by Crippen LogP contribution is -2.58. The molecule has 0 fully saturated rings. The van der Waals surface area contributed by atoms with Crippen LogP contribution >= 0.6 is 0 Å². The lowest BCUT2D eigenvalue weighted by atomic mass is 10.0. The van der Waals surface area contributed by atoms with Gasteiger partial charge in [-0.2, -0.15) is 0 Å². The Morgan fingerprint density at radius 1 is 0.805 bits per heavy atom. The normalized spacial score (nSPS) is 14.0. The number of carboxylic acid groups (broad SMARTS) is 1. The van der Waals surface area contributed by atoms with Gasteiger partial charge in [0.1, 0.15) is 18.1 Å². The van der Waals surface area contributed by atoms with Gasteiger partial charge in [-0.3, -0.25) is 14.4 Å². The van der Waals surface area contributed by atoms with Gasteiger partial charge >= 0.3 is 5.97 Å². The highest BCUT2D eigenvalue weighted by Crippen LogP contribution is 2.19. The van der Waals surface area contributed by atoms with E-state index in [1.165, 1.54) is 0 Å². The topological polar surface area (TPSA) is 213 Å². The number of benzene rings is 2. The van der Waals surface area contributed by atoms with Crippen molar-refractivity contribution < 1.29 is 29.4 Å². The molecule has 1 aromatic heterocycles. The van der Waals surface area contributed by atoms with Crippen LogP contribution in [0.4, 0.5) is 0 Å². The van der Waals surface area contributed by atoms with Crippen LogP contribution in [0.1, 0.15) is 30.4 Å². The van der Waals surface area contributed by atoms with Crippen molar-refractivity contribution in [2.24, 2.45) is 11.5 Å². The molecule has 0 aliphatic rings. The minimum atomic E-state index is -1.55. The van der Waals surface area contributed by atoms with Gasteiger partial charge in [-0.1, -0.05) is 55.0 Å². The van der Waals surface area contributed by atoms with Gasteiger partial charge in [-0.15, -0.1) is 0 Å². The Balaban J connectivity index is 1.85. The van der Waals surface area contributed by atoms with E-state index < -0.39 is 54.5 Å². The number of H-pyrrole nitrogens is 1. The molecule has 10 N–H and O–H groups in total. The van der Waals surface area contributed by atoms with Gasteiger partial charge in [0.25, 0.3) is 0 Å². The van der Waals surface area contributed by atoms with E-state index in [1.807, 2.05) is 24.3 Å². The Morgan fingerprint density at radius 3 is 2.07 bits per heavy atom. The third-order valence-electron chi connectivity index (χ3n) is 6.75. The first-order chi connectivity index (χ1) is 19.7. The number of nitrogens with two attached hydrogens (primary N) is 2. The summed E-state index contributed by atoms with van der Waals surface area (Å²) in [7, 11) is 0. The van der Waals surface area contributed by atoms with E-state index in [0.717, 1.165) is 16.5 Å². The fourth-order valence-corrected chi connectivity index (χ4v) is 4.44. The Hall–Kier alpha value is -4.26. The molecule has 0 aliphatic heterocycles. The van der Waals surface area contributed by atoms with E-state index in [0.29, 0.717) is 31.4 Å². The third-order valence-corrected chi connectivity index (χ3v) is 6.75. The highest BCUT2D eigenvalue weighted by molar-refractivity contribution is 5.95. The number of unbranched alkanes of at least 4 members (excludes halogenated alkanes) is 1. The number of para-hydroxylation sites is 1. The largest absolute Gasteiger partial charge is 0.480 e. The molecule has 3 aromatic rings. The van der Waals surface area contributed by atoms with Crippen LogP contribution in [-0.4, -0.2) is 76.2 Å². The van der Waals surface area contributed by atoms with Crippen LogP contribution in [0.5, 0.6) is 0 Å². The smallest absolute Gasteiger partial charge is 0.328 e. The Morgan fingerprint density at radius 2 is 1.41 bits per heavy atom. The summed E-state index contributed by atoms with van der Waals surface area (Å²) in [5.74, 6) is -3.37. The summed E-state index contributed by atoms with van der Waals surface area (Å²) in [4.78, 5) is 54.4. The first-order valence-electron chi connectivity index (χ1n) is 13.5. The van der Waals surface area contributed by atoms with Crippen molar-refractivity contribution in [1.29, 1.82) is 0 Å². The first-order valence-corrected chi connectivity index (χ1v) is 13.5. The molecule has 3 rings (SSSR count). The van der Waals surface area contributed by atoms with E-state index in [1.54, 1.807) is 36.5 Å². The molecule has 4 unspecified atom stereocenters. The third kappa shape index (κ3) is 9.13. The second-order valence-corrected chi connectivity index (χ2v) is 9.85. The van der Waals surface area contributed by atoms with Crippen LogP contribution in [0.25, 0.3) is 10.9 Å². The van der Waals surface area contributed by atoms with Crippen molar-refractivity contribution in [3.8, 4) is 0 Å². The lowest BCUT2D eigenvalue weighted by molar-refractivity contribution is -0.143. The van der Waals surface area contributed by atoms with E-state index in [-0.39, 0.29) is 12.8 Å². The second-order valence-electron chi connectivity index (χ2n) is 9.85. The summed E-state index contributed by atoms with van der Waals surface area (Å²) in [6.45, 7) is -0.349. The number of aliphatic carboxylic acids is 1. The molecule has 3 amide bonds. The van der Waals surface area contributed by atoms with Gasteiger partial charge in [0.2, 0.25) is 17.7 Å². The quantitative estimate of drug-likeness (QED) is 0.110. The highest BCUT2D eigenvalue weighted by Gasteiger charge is 2.31. The Bertz CT molecular complexity index is 1310. The molecule has 4 atom stereocenters. The Labute approximate surface area is 237 Å². The van der Waals surface area contributed by atoms with Crippen LogP contribution in [0, 0.1) is 0 Å². The molecule has 2 aromatic carbocycles. The van der Waals surface area contributed by atoms with Crippen molar-refractivity contribution in [2.75, 3.05) is 13.2 Å². The summed E-state index contributed by atoms with van der Waals surface area (Å²) in [6, 6.07) is 11.7. The summed E-state index contributed by atoms with van der Waals surface area (Å²) in [5, 5.41) is 27.2. The molecule has 1 heterocycles. The predicted molar refractivity (Wildman–Crippen MR) is 154 cm³/mol. The van der Waals surface area contributed by atoms with Crippen molar-refractivity contribution >= 4 is 34.6 Å². The predicted octanol–water partition coefficient (Wildman–Crippen LogP) is -0.0593. The second kappa shape index (κ2) is 15.5. The molecular formula is C29H38N6O6. The van der Waals surface area contributed by atoms with Gasteiger partial charge in [-0.25, -0.2) is 4.79 Å². The van der Waals surface area contributed by atoms with Gasteiger partial charge in [0.05, 0.1) is 12.6 Å². The maximum atomic E-state index is 13.7. The zero-order valence-electron chi connectivity index (χ0n) is 22.7. The van der Waals surface area contributed by atoms with E-state index in [4.69, 9.17) is 11.5 Å². The molecule has 0 saturated carbocycles. The number of carboxylic acids is 1. The van der Waals surface area contributed by atoms with Crippen LogP contribution in [0.2, 0.25) is 0 Å². The number of amides is 3. The van der Waals surface area contributed by atoms with Gasteiger partial charge in [0, 0.05) is 29.9 Å². The Kier molecular flexibility index (Phi) is 11.8. The number of aliphatic hydroxyl groups excluding tert-OH is 1. The molecule has 0 spiro atoms. The van der Waals surface area contributed by atoms with E-state index >= 15 is 0 Å². The number of hydrogen-bond donors (Lipinski definition) is 8. The van der Waals surface area contributed by atoms with Gasteiger partial charge in [-0.05, 0) is 36.6 Å².